The predicted octanol–water partition coefficient (Wildman–Crippen LogP) is 3.65. The number of halogens is 1. The van der Waals surface area contributed by atoms with E-state index in [1.54, 1.807) is 23.5 Å². The number of hydrogen-bond donors (Lipinski definition) is 2. The maximum atomic E-state index is 12.7. The fourth-order valence-electron chi connectivity index (χ4n) is 3.43. The topological polar surface area (TPSA) is 73.8 Å². The van der Waals surface area contributed by atoms with Gasteiger partial charge >= 0.3 is 0 Å². The van der Waals surface area contributed by atoms with Crippen LogP contribution in [0, 0.1) is 6.92 Å². The Kier molecular flexibility index (Phi) is 9.57. The van der Waals surface area contributed by atoms with Crippen LogP contribution in [0.3, 0.4) is 0 Å². The average Bonchev–Trinajstić information content (AvgIpc) is 2.76. The molecule has 0 bridgehead atoms. The van der Waals surface area contributed by atoms with Crippen molar-refractivity contribution in [3.05, 3.63) is 65.2 Å². The average molecular weight is 542 g/mol. The van der Waals surface area contributed by atoms with Crippen molar-refractivity contribution in [1.82, 2.24) is 14.9 Å². The molecule has 0 saturated carbocycles. The molecule has 2 aromatic rings. The number of aryl methyl sites for hydroxylation is 1. The van der Waals surface area contributed by atoms with Gasteiger partial charge in [0.25, 0.3) is 0 Å². The van der Waals surface area contributed by atoms with Gasteiger partial charge in [-0.2, -0.15) is 4.31 Å². The monoisotopic (exact) mass is 542 g/mol. The lowest BCUT2D eigenvalue weighted by molar-refractivity contribution is 0.346. The first-order valence-electron chi connectivity index (χ1n) is 10.1. The Hall–Kier alpha value is -1.65. The number of nitrogens with one attached hydrogen (secondary N) is 2. The van der Waals surface area contributed by atoms with E-state index in [2.05, 4.69) is 34.7 Å². The highest BCUT2D eigenvalue weighted by molar-refractivity contribution is 14.0. The molecule has 2 N–H and O–H groups in total. The van der Waals surface area contributed by atoms with E-state index in [-0.39, 0.29) is 24.0 Å². The second kappa shape index (κ2) is 11.7. The van der Waals surface area contributed by atoms with Crippen LogP contribution in [-0.2, 0) is 23.1 Å². The first kappa shape index (κ1) is 24.6. The number of piperidine rings is 1. The van der Waals surface area contributed by atoms with Crippen LogP contribution in [0.15, 0.2) is 58.4 Å². The second-order valence-electron chi connectivity index (χ2n) is 7.31. The summed E-state index contributed by atoms with van der Waals surface area (Å²) in [6.45, 7) is 4.59. The van der Waals surface area contributed by atoms with Gasteiger partial charge in [0.05, 0.1) is 4.90 Å². The quantitative estimate of drug-likeness (QED) is 0.332. The van der Waals surface area contributed by atoms with Crippen LogP contribution in [0.5, 0.6) is 0 Å². The Morgan fingerprint density at radius 2 is 1.60 bits per heavy atom. The van der Waals surface area contributed by atoms with Gasteiger partial charge in [-0.1, -0.05) is 42.8 Å². The molecule has 30 heavy (non-hydrogen) atoms. The molecule has 1 fully saturated rings. The lowest BCUT2D eigenvalue weighted by Gasteiger charge is -2.25. The minimum Gasteiger partial charge on any atom is -0.352 e. The number of sulfonamides is 1. The summed E-state index contributed by atoms with van der Waals surface area (Å²) in [6.07, 6.45) is 2.99. The maximum absolute atomic E-state index is 12.7. The summed E-state index contributed by atoms with van der Waals surface area (Å²) in [5, 5.41) is 6.59. The van der Waals surface area contributed by atoms with Gasteiger partial charge in [-0.15, -0.1) is 24.0 Å². The Morgan fingerprint density at radius 3 is 2.23 bits per heavy atom. The second-order valence-corrected chi connectivity index (χ2v) is 9.25. The van der Waals surface area contributed by atoms with Crippen molar-refractivity contribution < 1.29 is 8.42 Å². The van der Waals surface area contributed by atoms with E-state index >= 15 is 0 Å². The summed E-state index contributed by atoms with van der Waals surface area (Å²) < 4.78 is 27.1. The van der Waals surface area contributed by atoms with Crippen molar-refractivity contribution >= 4 is 40.0 Å². The molecule has 164 valence electrons. The van der Waals surface area contributed by atoms with Crippen LogP contribution < -0.4 is 10.6 Å². The molecule has 1 heterocycles. The molecule has 0 aliphatic carbocycles. The van der Waals surface area contributed by atoms with E-state index in [4.69, 9.17) is 0 Å². The van der Waals surface area contributed by atoms with Crippen LogP contribution >= 0.6 is 24.0 Å². The first-order valence-corrected chi connectivity index (χ1v) is 11.5. The molecule has 2 aromatic carbocycles. The summed E-state index contributed by atoms with van der Waals surface area (Å²) >= 11 is 0. The molecule has 0 spiro atoms. The zero-order valence-corrected chi connectivity index (χ0v) is 20.7. The number of hydrogen-bond acceptors (Lipinski definition) is 3. The molecular formula is C22H31IN4O2S. The Bertz CT molecular complexity index is 940. The highest BCUT2D eigenvalue weighted by atomic mass is 127. The number of aliphatic imine (C=N–C) groups is 1. The first-order chi connectivity index (χ1) is 14.0. The zero-order valence-electron chi connectivity index (χ0n) is 17.6. The minimum atomic E-state index is -3.38. The van der Waals surface area contributed by atoms with Crippen molar-refractivity contribution in [2.45, 2.75) is 44.2 Å². The molecule has 0 aromatic heterocycles. The van der Waals surface area contributed by atoms with Crippen molar-refractivity contribution in [2.24, 2.45) is 4.99 Å². The molecule has 0 amide bonds. The predicted molar refractivity (Wildman–Crippen MR) is 133 cm³/mol. The largest absolute Gasteiger partial charge is 0.352 e. The van der Waals surface area contributed by atoms with E-state index in [9.17, 15) is 8.42 Å². The summed E-state index contributed by atoms with van der Waals surface area (Å²) in [4.78, 5) is 4.62. The van der Waals surface area contributed by atoms with Gasteiger partial charge in [0.15, 0.2) is 5.96 Å². The third kappa shape index (κ3) is 6.42. The maximum Gasteiger partial charge on any atom is 0.243 e. The van der Waals surface area contributed by atoms with E-state index in [0.29, 0.717) is 37.0 Å². The van der Waals surface area contributed by atoms with Crippen LogP contribution in [0.2, 0.25) is 0 Å². The van der Waals surface area contributed by atoms with Gasteiger partial charge in [-0.25, -0.2) is 8.42 Å². The van der Waals surface area contributed by atoms with Gasteiger partial charge in [0.1, 0.15) is 0 Å². The molecule has 8 heteroatoms. The number of rotatable bonds is 6. The summed E-state index contributed by atoms with van der Waals surface area (Å²) in [5.41, 5.74) is 3.46. The smallest absolute Gasteiger partial charge is 0.243 e. The fraction of sp³-hybridized carbons (Fsp3) is 0.409. The highest BCUT2D eigenvalue weighted by Crippen LogP contribution is 2.20. The highest BCUT2D eigenvalue weighted by Gasteiger charge is 2.25. The van der Waals surface area contributed by atoms with Crippen molar-refractivity contribution in [1.29, 1.82) is 0 Å². The molecule has 0 unspecified atom stereocenters. The van der Waals surface area contributed by atoms with Gasteiger partial charge in [0.2, 0.25) is 10.0 Å². The Balaban J connectivity index is 0.00000320. The van der Waals surface area contributed by atoms with Gasteiger partial charge in [-0.05, 0) is 48.6 Å². The molecule has 1 aliphatic heterocycles. The van der Waals surface area contributed by atoms with Gasteiger partial charge in [0, 0.05) is 33.2 Å². The molecule has 1 saturated heterocycles. The summed E-state index contributed by atoms with van der Waals surface area (Å²) in [5.74, 6) is 0.707. The SMILES string of the molecule is CN=C(NCc1ccc(S(=O)(=O)N2CCCCC2)cc1)NCc1ccccc1C.I. The van der Waals surface area contributed by atoms with E-state index < -0.39 is 10.0 Å². The molecule has 1 aliphatic rings. The normalized spacial score (nSPS) is 15.3. The van der Waals surface area contributed by atoms with Crippen LogP contribution in [0.4, 0.5) is 0 Å². The van der Waals surface area contributed by atoms with E-state index in [1.165, 1.54) is 11.1 Å². The van der Waals surface area contributed by atoms with Gasteiger partial charge in [-0.3, -0.25) is 4.99 Å². The zero-order chi connectivity index (χ0) is 20.7. The number of nitrogens with zero attached hydrogens (tertiary/aromatic N) is 2. The lowest BCUT2D eigenvalue weighted by atomic mass is 10.1. The fourth-order valence-corrected chi connectivity index (χ4v) is 4.94. The van der Waals surface area contributed by atoms with Crippen LogP contribution in [-0.4, -0.2) is 38.8 Å². The van der Waals surface area contributed by atoms with Crippen molar-refractivity contribution in [3.8, 4) is 0 Å². The molecular weight excluding hydrogens is 511 g/mol. The number of guanidine groups is 1. The molecule has 3 rings (SSSR count). The van der Waals surface area contributed by atoms with E-state index in [0.717, 1.165) is 24.8 Å². The summed E-state index contributed by atoms with van der Waals surface area (Å²) in [7, 11) is -1.64. The molecule has 6 nitrogen and oxygen atoms in total. The van der Waals surface area contributed by atoms with Crippen molar-refractivity contribution in [2.75, 3.05) is 20.1 Å². The third-order valence-corrected chi connectivity index (χ3v) is 7.18. The molecule has 0 atom stereocenters. The number of benzene rings is 2. The van der Waals surface area contributed by atoms with Gasteiger partial charge < -0.3 is 10.6 Å². The van der Waals surface area contributed by atoms with Crippen LogP contribution in [0.25, 0.3) is 0 Å². The third-order valence-electron chi connectivity index (χ3n) is 5.27. The molecule has 0 radical (unpaired) electrons. The van der Waals surface area contributed by atoms with E-state index in [1.807, 2.05) is 24.3 Å². The van der Waals surface area contributed by atoms with Crippen LogP contribution in [0.1, 0.15) is 36.0 Å². The Labute approximate surface area is 197 Å². The summed E-state index contributed by atoms with van der Waals surface area (Å²) in [6, 6.07) is 15.4. The van der Waals surface area contributed by atoms with Crippen molar-refractivity contribution in [3.63, 3.8) is 0 Å². The minimum absolute atomic E-state index is 0. The standard InChI is InChI=1S/C22H30N4O2S.HI/c1-18-8-4-5-9-20(18)17-25-22(23-2)24-16-19-10-12-21(13-11-19)29(27,28)26-14-6-3-7-15-26;/h4-5,8-13H,3,6-7,14-17H2,1-2H3,(H2,23,24,25);1H. The Morgan fingerprint density at radius 1 is 0.967 bits per heavy atom. The lowest BCUT2D eigenvalue weighted by Crippen LogP contribution is -2.36.